The molecule has 1 aliphatic rings. The average molecular weight is 442 g/mol. The molecule has 0 bridgehead atoms. The summed E-state index contributed by atoms with van der Waals surface area (Å²) in [4.78, 5) is 38.7. The average Bonchev–Trinajstić information content (AvgIpc) is 2.93. The van der Waals surface area contributed by atoms with E-state index in [1.165, 1.54) is 0 Å². The van der Waals surface area contributed by atoms with Gasteiger partial charge in [0.15, 0.2) is 6.04 Å². The molecule has 1 aliphatic heterocycles. The molecule has 0 aromatic heterocycles. The van der Waals surface area contributed by atoms with Crippen molar-refractivity contribution in [1.29, 1.82) is 0 Å². The number of nitrogens with one attached hydrogen (secondary N) is 1. The number of carbonyl (C=O) groups is 3. The standard InChI is InChI=1S/C21H28F2N2O6/c1-13-10-15(24-20(28)31-21(2,3)4)17(26)25(13)16(12-30-19(22)23)18(27)29-11-14-8-6-5-7-9-14/h5-9,13,15-16,19H,10-12H2,1-4H3,(H,24,28)/t13?,15-,16-/m0/s1. The summed E-state index contributed by atoms with van der Waals surface area (Å²) in [5, 5.41) is 2.47. The lowest BCUT2D eigenvalue weighted by atomic mass is 10.2. The van der Waals surface area contributed by atoms with Crippen LogP contribution in [0, 0.1) is 0 Å². The Morgan fingerprint density at radius 3 is 2.45 bits per heavy atom. The Morgan fingerprint density at radius 1 is 1.23 bits per heavy atom. The van der Waals surface area contributed by atoms with Crippen LogP contribution in [0.4, 0.5) is 13.6 Å². The van der Waals surface area contributed by atoms with Crippen LogP contribution in [0.1, 0.15) is 39.7 Å². The molecule has 1 unspecified atom stereocenters. The molecule has 172 valence electrons. The highest BCUT2D eigenvalue weighted by molar-refractivity contribution is 5.91. The maximum absolute atomic E-state index is 12.9. The second-order valence-electron chi connectivity index (χ2n) is 8.23. The second kappa shape index (κ2) is 10.5. The largest absolute Gasteiger partial charge is 0.459 e. The minimum Gasteiger partial charge on any atom is -0.459 e. The van der Waals surface area contributed by atoms with Gasteiger partial charge in [0.05, 0.1) is 6.61 Å². The van der Waals surface area contributed by atoms with Crippen LogP contribution in [-0.4, -0.2) is 59.8 Å². The summed E-state index contributed by atoms with van der Waals surface area (Å²) in [5.74, 6) is -1.47. The third-order valence-corrected chi connectivity index (χ3v) is 4.51. The first kappa shape index (κ1) is 24.5. The number of hydrogen-bond acceptors (Lipinski definition) is 6. The van der Waals surface area contributed by atoms with Crippen molar-refractivity contribution in [2.24, 2.45) is 0 Å². The number of amides is 2. The van der Waals surface area contributed by atoms with Gasteiger partial charge in [-0.3, -0.25) is 4.79 Å². The predicted molar refractivity (Wildman–Crippen MR) is 106 cm³/mol. The van der Waals surface area contributed by atoms with E-state index >= 15 is 0 Å². The molecule has 0 spiro atoms. The van der Waals surface area contributed by atoms with Crippen LogP contribution in [0.2, 0.25) is 0 Å². The van der Waals surface area contributed by atoms with Gasteiger partial charge in [0, 0.05) is 6.04 Å². The van der Waals surface area contributed by atoms with Gasteiger partial charge in [0.1, 0.15) is 18.2 Å². The zero-order valence-electron chi connectivity index (χ0n) is 18.0. The van der Waals surface area contributed by atoms with E-state index in [1.54, 1.807) is 58.0 Å². The van der Waals surface area contributed by atoms with Crippen LogP contribution in [0.5, 0.6) is 0 Å². The molecule has 2 amide bonds. The highest BCUT2D eigenvalue weighted by atomic mass is 19.3. The van der Waals surface area contributed by atoms with Gasteiger partial charge < -0.3 is 24.4 Å². The van der Waals surface area contributed by atoms with Gasteiger partial charge in [-0.2, -0.15) is 8.78 Å². The van der Waals surface area contributed by atoms with Gasteiger partial charge >= 0.3 is 18.7 Å². The van der Waals surface area contributed by atoms with Crippen LogP contribution >= 0.6 is 0 Å². The smallest absolute Gasteiger partial charge is 0.408 e. The molecule has 31 heavy (non-hydrogen) atoms. The van der Waals surface area contributed by atoms with E-state index in [0.29, 0.717) is 5.56 Å². The Morgan fingerprint density at radius 2 is 1.87 bits per heavy atom. The van der Waals surface area contributed by atoms with E-state index in [-0.39, 0.29) is 13.0 Å². The SMILES string of the molecule is CC1C[C@H](NC(=O)OC(C)(C)C)C(=O)N1[C@@H](COC(F)F)C(=O)OCc1ccccc1. The molecule has 1 aromatic carbocycles. The topological polar surface area (TPSA) is 94.2 Å². The van der Waals surface area contributed by atoms with E-state index in [0.717, 1.165) is 4.90 Å². The lowest BCUT2D eigenvalue weighted by molar-refractivity contribution is -0.172. The number of nitrogens with zero attached hydrogens (tertiary/aromatic N) is 1. The third-order valence-electron chi connectivity index (χ3n) is 4.51. The molecule has 3 atom stereocenters. The molecule has 1 saturated heterocycles. The number of alkyl carbamates (subject to hydrolysis) is 1. The van der Waals surface area contributed by atoms with Crippen LogP contribution in [-0.2, 0) is 30.4 Å². The van der Waals surface area contributed by atoms with Gasteiger partial charge in [-0.15, -0.1) is 0 Å². The van der Waals surface area contributed by atoms with E-state index < -0.39 is 54.9 Å². The van der Waals surface area contributed by atoms with Gasteiger partial charge in [-0.05, 0) is 39.7 Å². The van der Waals surface area contributed by atoms with Crippen molar-refractivity contribution < 1.29 is 37.4 Å². The first-order valence-corrected chi connectivity index (χ1v) is 9.90. The number of ether oxygens (including phenoxy) is 3. The monoisotopic (exact) mass is 442 g/mol. The summed E-state index contributed by atoms with van der Waals surface area (Å²) in [7, 11) is 0. The maximum Gasteiger partial charge on any atom is 0.408 e. The van der Waals surface area contributed by atoms with Gasteiger partial charge in [-0.25, -0.2) is 9.59 Å². The Kier molecular flexibility index (Phi) is 8.32. The van der Waals surface area contributed by atoms with Crippen molar-refractivity contribution in [3.05, 3.63) is 35.9 Å². The van der Waals surface area contributed by atoms with Crippen molar-refractivity contribution in [3.63, 3.8) is 0 Å². The number of esters is 1. The molecule has 0 saturated carbocycles. The van der Waals surface area contributed by atoms with Gasteiger partial charge in [0.2, 0.25) is 5.91 Å². The summed E-state index contributed by atoms with van der Waals surface area (Å²) in [6.45, 7) is 2.75. The van der Waals surface area contributed by atoms with E-state index in [4.69, 9.17) is 9.47 Å². The number of benzene rings is 1. The summed E-state index contributed by atoms with van der Waals surface area (Å²) in [5.41, 5.74) is -0.0546. The molecule has 10 heteroatoms. The Labute approximate surface area is 179 Å². The quantitative estimate of drug-likeness (QED) is 0.623. The highest BCUT2D eigenvalue weighted by Crippen LogP contribution is 2.24. The van der Waals surface area contributed by atoms with E-state index in [2.05, 4.69) is 10.1 Å². The van der Waals surface area contributed by atoms with Crippen LogP contribution in [0.15, 0.2) is 30.3 Å². The minimum atomic E-state index is -3.12. The molecule has 8 nitrogen and oxygen atoms in total. The number of carbonyl (C=O) groups excluding carboxylic acids is 3. The molecule has 1 heterocycles. The van der Waals surface area contributed by atoms with Crippen LogP contribution in [0.3, 0.4) is 0 Å². The molecule has 2 rings (SSSR count). The maximum atomic E-state index is 12.9. The van der Waals surface area contributed by atoms with E-state index in [1.807, 2.05) is 0 Å². The second-order valence-corrected chi connectivity index (χ2v) is 8.23. The molecule has 0 aliphatic carbocycles. The molecule has 1 aromatic rings. The minimum absolute atomic E-state index is 0.0825. The molecule has 1 N–H and O–H groups in total. The molecule has 1 fully saturated rings. The summed E-state index contributed by atoms with van der Waals surface area (Å²) in [6.07, 6.45) is -0.609. The van der Waals surface area contributed by atoms with Gasteiger partial charge in [-0.1, -0.05) is 30.3 Å². The molecular formula is C21H28F2N2O6. The highest BCUT2D eigenvalue weighted by Gasteiger charge is 2.45. The number of hydrogen-bond donors (Lipinski definition) is 1. The van der Waals surface area contributed by atoms with Gasteiger partial charge in [0.25, 0.3) is 0 Å². The first-order valence-electron chi connectivity index (χ1n) is 9.90. The van der Waals surface area contributed by atoms with E-state index in [9.17, 15) is 23.2 Å². The lowest BCUT2D eigenvalue weighted by Crippen LogP contribution is -2.51. The summed E-state index contributed by atoms with van der Waals surface area (Å²) < 4.78 is 40.0. The fraction of sp³-hybridized carbons (Fsp3) is 0.571. The lowest BCUT2D eigenvalue weighted by Gasteiger charge is -2.30. The Bertz CT molecular complexity index is 769. The van der Waals surface area contributed by atoms with Crippen LogP contribution in [0.25, 0.3) is 0 Å². The number of likely N-dealkylation sites (tertiary alicyclic amines) is 1. The number of halogens is 2. The zero-order valence-corrected chi connectivity index (χ0v) is 18.0. The van der Waals surface area contributed by atoms with Crippen molar-refractivity contribution in [2.75, 3.05) is 6.61 Å². The predicted octanol–water partition coefficient (Wildman–Crippen LogP) is 2.85. The Hall–Kier alpha value is -2.75. The Balaban J connectivity index is 2.09. The number of rotatable bonds is 8. The van der Waals surface area contributed by atoms with Crippen molar-refractivity contribution in [2.45, 2.75) is 71.1 Å². The van der Waals surface area contributed by atoms with Crippen molar-refractivity contribution in [3.8, 4) is 0 Å². The zero-order chi connectivity index (χ0) is 23.2. The number of alkyl halides is 2. The van der Waals surface area contributed by atoms with Crippen LogP contribution < -0.4 is 5.32 Å². The first-order chi connectivity index (χ1) is 14.5. The fourth-order valence-electron chi connectivity index (χ4n) is 3.23. The fourth-order valence-corrected chi connectivity index (χ4v) is 3.23. The molecular weight excluding hydrogens is 414 g/mol. The van der Waals surface area contributed by atoms with Crippen molar-refractivity contribution >= 4 is 18.0 Å². The summed E-state index contributed by atoms with van der Waals surface area (Å²) >= 11 is 0. The summed E-state index contributed by atoms with van der Waals surface area (Å²) in [6, 6.07) is 5.94. The third kappa shape index (κ3) is 7.46. The van der Waals surface area contributed by atoms with Crippen molar-refractivity contribution in [1.82, 2.24) is 10.2 Å². The normalized spacial score (nSPS) is 20.0. The molecule has 0 radical (unpaired) electrons.